The molecule has 12 heteroatoms. The molecule has 0 aliphatic heterocycles. The van der Waals surface area contributed by atoms with Gasteiger partial charge in [-0.25, -0.2) is 4.79 Å². The second kappa shape index (κ2) is 17.7. The van der Waals surface area contributed by atoms with Crippen LogP contribution in [0.15, 0.2) is 105 Å². The van der Waals surface area contributed by atoms with Crippen LogP contribution in [-0.4, -0.2) is 32.3 Å². The molecule has 4 rings (SSSR count). The highest BCUT2D eigenvalue weighted by atomic mass is 16.6. The second-order valence-corrected chi connectivity index (χ2v) is 11.3. The molecule has 0 heterocycles. The highest BCUT2D eigenvalue weighted by molar-refractivity contribution is 5.92. The van der Waals surface area contributed by atoms with E-state index in [1.165, 1.54) is 19.2 Å². The van der Waals surface area contributed by atoms with Crippen LogP contribution in [0.25, 0.3) is 0 Å². The third-order valence-electron chi connectivity index (χ3n) is 7.75. The van der Waals surface area contributed by atoms with Crippen LogP contribution in [0.4, 0.5) is 22.7 Å². The number of esters is 2. The van der Waals surface area contributed by atoms with Crippen molar-refractivity contribution < 1.29 is 28.5 Å². The zero-order valence-corrected chi connectivity index (χ0v) is 28.3. The molecule has 0 aliphatic carbocycles. The summed E-state index contributed by atoms with van der Waals surface area (Å²) in [4.78, 5) is 25.8. The summed E-state index contributed by atoms with van der Waals surface area (Å²) in [6.45, 7) is 6.18. The van der Waals surface area contributed by atoms with Crippen LogP contribution in [0.1, 0.15) is 61.5 Å². The molecule has 0 radical (unpaired) electrons. The van der Waals surface area contributed by atoms with E-state index < -0.39 is 11.4 Å². The van der Waals surface area contributed by atoms with Crippen molar-refractivity contribution in [3.63, 3.8) is 0 Å². The van der Waals surface area contributed by atoms with Gasteiger partial charge in [0, 0.05) is 12.1 Å². The van der Waals surface area contributed by atoms with Crippen LogP contribution in [0.2, 0.25) is 0 Å². The molecule has 4 aromatic carbocycles. The molecule has 0 spiro atoms. The number of hydrogen-bond acceptors (Lipinski definition) is 12. The number of nitrogens with zero attached hydrogens (tertiary/aromatic N) is 6. The van der Waals surface area contributed by atoms with Gasteiger partial charge < -0.3 is 18.9 Å². The van der Waals surface area contributed by atoms with Crippen molar-refractivity contribution in [3.8, 4) is 29.4 Å². The first-order chi connectivity index (χ1) is 24.2. The van der Waals surface area contributed by atoms with Gasteiger partial charge in [0.05, 0.1) is 52.7 Å². The Morgan fingerprint density at radius 3 is 1.80 bits per heavy atom. The van der Waals surface area contributed by atoms with E-state index in [-0.39, 0.29) is 47.6 Å². The van der Waals surface area contributed by atoms with E-state index in [9.17, 15) is 9.59 Å². The van der Waals surface area contributed by atoms with E-state index >= 15 is 0 Å². The van der Waals surface area contributed by atoms with Gasteiger partial charge in [-0.1, -0.05) is 20.3 Å². The van der Waals surface area contributed by atoms with Gasteiger partial charge >= 0.3 is 11.9 Å². The van der Waals surface area contributed by atoms with Crippen molar-refractivity contribution in [1.82, 2.24) is 0 Å². The number of hydrogen-bond donors (Lipinski definition) is 0. The monoisotopic (exact) mass is 672 g/mol. The average Bonchev–Trinajstić information content (AvgIpc) is 3.15. The summed E-state index contributed by atoms with van der Waals surface area (Å²) in [5.74, 6) is -0.130. The van der Waals surface area contributed by atoms with Gasteiger partial charge in [0.2, 0.25) is 0 Å². The van der Waals surface area contributed by atoms with Gasteiger partial charge in [0.15, 0.2) is 5.75 Å². The Morgan fingerprint density at radius 1 is 0.740 bits per heavy atom. The molecule has 0 aliphatic rings. The Balaban J connectivity index is 1.51. The average molecular weight is 673 g/mol. The van der Waals surface area contributed by atoms with Gasteiger partial charge in [-0.3, -0.25) is 4.79 Å². The fraction of sp³-hybridized carbons (Fsp3) is 0.263. The molecule has 4 aromatic rings. The smallest absolute Gasteiger partial charge is 0.343 e. The largest absolute Gasteiger partial charge is 0.494 e. The molecule has 0 amide bonds. The third kappa shape index (κ3) is 9.81. The van der Waals surface area contributed by atoms with E-state index in [0.717, 1.165) is 12.8 Å². The summed E-state index contributed by atoms with van der Waals surface area (Å²) >= 11 is 0. The molecule has 0 bridgehead atoms. The van der Waals surface area contributed by atoms with Crippen LogP contribution in [0.3, 0.4) is 0 Å². The lowest BCUT2D eigenvalue weighted by molar-refractivity contribution is -0.156. The molecule has 1 unspecified atom stereocenters. The second-order valence-electron chi connectivity index (χ2n) is 11.3. The third-order valence-corrected chi connectivity index (χ3v) is 7.75. The minimum atomic E-state index is -0.677. The maximum atomic E-state index is 13.3. The number of carbonyl (C=O) groups excluding carboxylic acids is 2. The molecule has 0 N–H and O–H groups in total. The summed E-state index contributed by atoms with van der Waals surface area (Å²) in [6, 6.07) is 26.4. The number of azo groups is 2. The Kier molecular flexibility index (Phi) is 12.9. The lowest BCUT2D eigenvalue weighted by Crippen LogP contribution is -2.30. The van der Waals surface area contributed by atoms with Crippen molar-refractivity contribution >= 4 is 34.7 Å². The first-order valence-electron chi connectivity index (χ1n) is 15.9. The number of rotatable bonds is 15. The van der Waals surface area contributed by atoms with E-state index in [1.807, 2.05) is 20.8 Å². The Bertz CT molecular complexity index is 1930. The zero-order valence-electron chi connectivity index (χ0n) is 28.3. The summed E-state index contributed by atoms with van der Waals surface area (Å²) in [5.41, 5.74) is 2.08. The molecule has 254 valence electrons. The van der Waals surface area contributed by atoms with Crippen LogP contribution in [0, 0.1) is 28.1 Å². The fourth-order valence-corrected chi connectivity index (χ4v) is 4.66. The van der Waals surface area contributed by atoms with Gasteiger partial charge in [0.25, 0.3) is 0 Å². The van der Waals surface area contributed by atoms with Crippen LogP contribution >= 0.6 is 0 Å². The van der Waals surface area contributed by atoms with Crippen molar-refractivity contribution in [2.24, 2.45) is 25.9 Å². The van der Waals surface area contributed by atoms with Gasteiger partial charge in [-0.05, 0) is 92.6 Å². The fourth-order valence-electron chi connectivity index (χ4n) is 4.66. The Morgan fingerprint density at radius 2 is 1.30 bits per heavy atom. The predicted octanol–water partition coefficient (Wildman–Crippen LogP) is 9.63. The van der Waals surface area contributed by atoms with Gasteiger partial charge in [0.1, 0.15) is 36.1 Å². The number of carbonyl (C=O) groups is 2. The minimum Gasteiger partial charge on any atom is -0.494 e. The quantitative estimate of drug-likeness (QED) is 0.0520. The molecule has 0 fully saturated rings. The first kappa shape index (κ1) is 36.4. The summed E-state index contributed by atoms with van der Waals surface area (Å²) in [7, 11) is 1.44. The van der Waals surface area contributed by atoms with Gasteiger partial charge in [-0.2, -0.15) is 20.8 Å². The number of nitriles is 2. The molecular weight excluding hydrogens is 636 g/mol. The Labute approximate surface area is 290 Å². The van der Waals surface area contributed by atoms with E-state index in [0.29, 0.717) is 34.7 Å². The molecule has 0 aromatic heterocycles. The number of methoxy groups -OCH3 is 1. The van der Waals surface area contributed by atoms with Crippen LogP contribution in [0.5, 0.6) is 17.2 Å². The Hall–Kier alpha value is -6.40. The topological polar surface area (TPSA) is 168 Å². The number of benzene rings is 4. The first-order valence-corrected chi connectivity index (χ1v) is 15.9. The lowest BCUT2D eigenvalue weighted by atomic mass is 9.83. The van der Waals surface area contributed by atoms with Crippen molar-refractivity contribution in [3.05, 3.63) is 102 Å². The zero-order chi connectivity index (χ0) is 35.9. The normalized spacial score (nSPS) is 12.1. The predicted molar refractivity (Wildman–Crippen MR) is 185 cm³/mol. The van der Waals surface area contributed by atoms with Crippen molar-refractivity contribution in [2.75, 3.05) is 20.3 Å². The van der Waals surface area contributed by atoms with Crippen molar-refractivity contribution in [1.29, 1.82) is 10.5 Å². The van der Waals surface area contributed by atoms with E-state index in [2.05, 4.69) is 32.6 Å². The highest BCUT2D eigenvalue weighted by Crippen LogP contribution is 2.41. The summed E-state index contributed by atoms with van der Waals surface area (Å²) in [5, 5.41) is 35.2. The standard InChI is InChI=1S/C38H36N6O6/c1-5-19-38(3,6-2)37(46)49-21-20-48-31-17-11-28(12-18-31)36(45)50-35-23-34(47-4)32(43-41-29-13-7-26(24-39)8-14-29)22-33(35)44-42-30-15-9-27(25-40)10-16-30/h7-18,22-23H,5-6,19-21H2,1-4H3. The summed E-state index contributed by atoms with van der Waals surface area (Å²) < 4.78 is 22.4. The molecule has 0 saturated carbocycles. The number of ether oxygens (including phenoxy) is 4. The van der Waals surface area contributed by atoms with E-state index in [4.69, 9.17) is 29.5 Å². The molecule has 50 heavy (non-hydrogen) atoms. The summed E-state index contributed by atoms with van der Waals surface area (Å²) in [6.07, 6.45) is 2.34. The van der Waals surface area contributed by atoms with Crippen LogP contribution in [-0.2, 0) is 9.53 Å². The molecule has 12 nitrogen and oxygen atoms in total. The highest BCUT2D eigenvalue weighted by Gasteiger charge is 2.31. The molecule has 0 saturated heterocycles. The van der Waals surface area contributed by atoms with Crippen LogP contribution < -0.4 is 14.2 Å². The van der Waals surface area contributed by atoms with Gasteiger partial charge in [-0.15, -0.1) is 10.2 Å². The van der Waals surface area contributed by atoms with E-state index in [1.54, 1.807) is 72.8 Å². The maximum absolute atomic E-state index is 13.3. The minimum absolute atomic E-state index is 0.0471. The lowest BCUT2D eigenvalue weighted by Gasteiger charge is -2.25. The maximum Gasteiger partial charge on any atom is 0.343 e. The van der Waals surface area contributed by atoms with Crippen molar-refractivity contribution in [2.45, 2.75) is 40.0 Å². The SMILES string of the molecule is CCCC(C)(CC)C(=O)OCCOc1ccc(C(=O)Oc2cc(OC)c(N=Nc3ccc(C#N)cc3)cc2N=Nc2ccc(C#N)cc2)cc1. The molecule has 1 atom stereocenters. The molecular formula is C38H36N6O6.